The van der Waals surface area contributed by atoms with Gasteiger partial charge in [-0.25, -0.2) is 0 Å². The van der Waals surface area contributed by atoms with E-state index < -0.39 is 0 Å². The maximum atomic E-state index is 12.7. The van der Waals surface area contributed by atoms with Crippen LogP contribution < -0.4 is 5.73 Å². The van der Waals surface area contributed by atoms with Crippen molar-refractivity contribution in [2.75, 3.05) is 19.6 Å². The van der Waals surface area contributed by atoms with Crippen molar-refractivity contribution in [3.8, 4) is 11.8 Å². The summed E-state index contributed by atoms with van der Waals surface area (Å²) >= 11 is 0. The van der Waals surface area contributed by atoms with E-state index in [2.05, 4.69) is 18.8 Å². The van der Waals surface area contributed by atoms with E-state index >= 15 is 0 Å². The predicted molar refractivity (Wildman–Crippen MR) is 86.0 cm³/mol. The summed E-state index contributed by atoms with van der Waals surface area (Å²) in [5.41, 5.74) is 8.08. The van der Waals surface area contributed by atoms with Crippen molar-refractivity contribution in [2.45, 2.75) is 33.1 Å². The van der Waals surface area contributed by atoms with Crippen molar-refractivity contribution in [1.29, 1.82) is 0 Å². The molecule has 2 rings (SSSR count). The molecule has 1 aromatic carbocycles. The summed E-state index contributed by atoms with van der Waals surface area (Å²) < 4.78 is 0. The Bertz CT molecular complexity index is 564. The molecule has 0 spiro atoms. The molecule has 1 saturated carbocycles. The second kappa shape index (κ2) is 7.28. The minimum Gasteiger partial charge on any atom is -0.338 e. The van der Waals surface area contributed by atoms with E-state index in [4.69, 9.17) is 5.73 Å². The third-order valence-corrected chi connectivity index (χ3v) is 3.62. The standard InChI is InChI=1S/C18H24N2O/c1-3-9-20(13-15-6-7-15)18(21)17-11-14(2)10-16(12-17)5-4-8-19/h10-12,15H,3,6-9,13,19H2,1-2H3. The van der Waals surface area contributed by atoms with Gasteiger partial charge in [-0.3, -0.25) is 4.79 Å². The van der Waals surface area contributed by atoms with E-state index in [1.54, 1.807) is 0 Å². The van der Waals surface area contributed by atoms with Gasteiger partial charge in [-0.2, -0.15) is 0 Å². The van der Waals surface area contributed by atoms with Gasteiger partial charge in [0.1, 0.15) is 0 Å². The summed E-state index contributed by atoms with van der Waals surface area (Å²) in [6.07, 6.45) is 3.51. The Morgan fingerprint density at radius 3 is 2.76 bits per heavy atom. The molecule has 1 fully saturated rings. The largest absolute Gasteiger partial charge is 0.338 e. The Balaban J connectivity index is 2.20. The number of carbonyl (C=O) groups is 1. The molecule has 1 amide bonds. The summed E-state index contributed by atoms with van der Waals surface area (Å²) in [7, 11) is 0. The number of nitrogens with two attached hydrogens (primary N) is 1. The number of rotatable bonds is 5. The van der Waals surface area contributed by atoms with Crippen LogP contribution in [-0.2, 0) is 0 Å². The Labute approximate surface area is 127 Å². The normalized spacial score (nSPS) is 13.5. The summed E-state index contributed by atoms with van der Waals surface area (Å²) in [5, 5.41) is 0. The molecule has 112 valence electrons. The SMILES string of the molecule is CCCN(CC1CC1)C(=O)c1cc(C)cc(C#CCN)c1. The van der Waals surface area contributed by atoms with Crippen LogP contribution in [0.1, 0.15) is 47.7 Å². The molecular formula is C18H24N2O. The molecule has 1 aromatic rings. The molecule has 3 heteroatoms. The highest BCUT2D eigenvalue weighted by atomic mass is 16.2. The fraction of sp³-hybridized carbons (Fsp3) is 0.500. The van der Waals surface area contributed by atoms with E-state index in [0.29, 0.717) is 12.5 Å². The Morgan fingerprint density at radius 2 is 2.14 bits per heavy atom. The first-order chi connectivity index (χ1) is 10.1. The van der Waals surface area contributed by atoms with Crippen molar-refractivity contribution >= 4 is 5.91 Å². The molecule has 2 N–H and O–H groups in total. The van der Waals surface area contributed by atoms with Crippen LogP contribution >= 0.6 is 0 Å². The second-order valence-corrected chi connectivity index (χ2v) is 5.79. The molecular weight excluding hydrogens is 260 g/mol. The summed E-state index contributed by atoms with van der Waals surface area (Å²) in [4.78, 5) is 14.7. The maximum Gasteiger partial charge on any atom is 0.253 e. The first-order valence-electron chi connectivity index (χ1n) is 7.74. The zero-order chi connectivity index (χ0) is 15.2. The highest BCUT2D eigenvalue weighted by Crippen LogP contribution is 2.30. The van der Waals surface area contributed by atoms with Crippen LogP contribution in [0.15, 0.2) is 18.2 Å². The fourth-order valence-electron chi connectivity index (χ4n) is 2.47. The van der Waals surface area contributed by atoms with Crippen LogP contribution in [0, 0.1) is 24.7 Å². The number of benzene rings is 1. The van der Waals surface area contributed by atoms with E-state index in [0.717, 1.165) is 36.2 Å². The van der Waals surface area contributed by atoms with Gasteiger partial charge in [0.05, 0.1) is 6.54 Å². The number of amides is 1. The van der Waals surface area contributed by atoms with Gasteiger partial charge >= 0.3 is 0 Å². The second-order valence-electron chi connectivity index (χ2n) is 5.79. The summed E-state index contributed by atoms with van der Waals surface area (Å²) in [5.74, 6) is 6.70. The van der Waals surface area contributed by atoms with Crippen molar-refractivity contribution in [3.63, 3.8) is 0 Å². The van der Waals surface area contributed by atoms with Crippen molar-refractivity contribution in [1.82, 2.24) is 4.90 Å². The van der Waals surface area contributed by atoms with Gasteiger partial charge in [-0.05, 0) is 55.9 Å². The highest BCUT2D eigenvalue weighted by Gasteiger charge is 2.27. The van der Waals surface area contributed by atoms with Gasteiger partial charge in [0.2, 0.25) is 0 Å². The van der Waals surface area contributed by atoms with Gasteiger partial charge in [0, 0.05) is 24.2 Å². The molecule has 0 radical (unpaired) electrons. The Kier molecular flexibility index (Phi) is 5.41. The van der Waals surface area contributed by atoms with Crippen molar-refractivity contribution in [3.05, 3.63) is 34.9 Å². The highest BCUT2D eigenvalue weighted by molar-refractivity contribution is 5.94. The first-order valence-corrected chi connectivity index (χ1v) is 7.74. The number of nitrogens with zero attached hydrogens (tertiary/aromatic N) is 1. The Morgan fingerprint density at radius 1 is 1.38 bits per heavy atom. The lowest BCUT2D eigenvalue weighted by Gasteiger charge is -2.22. The van der Waals surface area contributed by atoms with Gasteiger partial charge in [-0.15, -0.1) is 0 Å². The third kappa shape index (κ3) is 4.61. The minimum atomic E-state index is 0.128. The Hall–Kier alpha value is -1.79. The number of hydrogen-bond donors (Lipinski definition) is 1. The number of carbonyl (C=O) groups excluding carboxylic acids is 1. The lowest BCUT2D eigenvalue weighted by Crippen LogP contribution is -2.33. The molecule has 0 aromatic heterocycles. The van der Waals surface area contributed by atoms with Gasteiger partial charge in [0.15, 0.2) is 0 Å². The monoisotopic (exact) mass is 284 g/mol. The third-order valence-electron chi connectivity index (χ3n) is 3.62. The van der Waals surface area contributed by atoms with Crippen LogP contribution in [0.2, 0.25) is 0 Å². The smallest absolute Gasteiger partial charge is 0.253 e. The summed E-state index contributed by atoms with van der Waals surface area (Å²) in [6, 6.07) is 5.82. The quantitative estimate of drug-likeness (QED) is 0.845. The molecule has 0 atom stereocenters. The molecule has 1 aliphatic carbocycles. The molecule has 3 nitrogen and oxygen atoms in total. The van der Waals surface area contributed by atoms with Gasteiger partial charge in [0.25, 0.3) is 5.91 Å². The molecule has 0 aliphatic heterocycles. The molecule has 0 bridgehead atoms. The minimum absolute atomic E-state index is 0.128. The summed E-state index contributed by atoms with van der Waals surface area (Å²) in [6.45, 7) is 6.16. The zero-order valence-corrected chi connectivity index (χ0v) is 13.0. The van der Waals surface area contributed by atoms with Crippen LogP contribution in [0.3, 0.4) is 0 Å². The predicted octanol–water partition coefficient (Wildman–Crippen LogP) is 2.57. The first kappa shape index (κ1) is 15.6. The number of hydrogen-bond acceptors (Lipinski definition) is 2. The lowest BCUT2D eigenvalue weighted by molar-refractivity contribution is 0.0747. The molecule has 0 unspecified atom stereocenters. The molecule has 21 heavy (non-hydrogen) atoms. The molecule has 0 saturated heterocycles. The van der Waals surface area contributed by atoms with Crippen LogP contribution in [-0.4, -0.2) is 30.4 Å². The molecule has 0 heterocycles. The fourth-order valence-corrected chi connectivity index (χ4v) is 2.47. The van der Waals surface area contributed by atoms with E-state index in [1.807, 2.05) is 30.0 Å². The lowest BCUT2D eigenvalue weighted by atomic mass is 10.1. The maximum absolute atomic E-state index is 12.7. The average molecular weight is 284 g/mol. The van der Waals surface area contributed by atoms with Crippen molar-refractivity contribution in [2.24, 2.45) is 11.7 Å². The van der Waals surface area contributed by atoms with E-state index in [9.17, 15) is 4.79 Å². The number of aryl methyl sites for hydroxylation is 1. The van der Waals surface area contributed by atoms with Gasteiger partial charge < -0.3 is 10.6 Å². The van der Waals surface area contributed by atoms with Crippen LogP contribution in [0.5, 0.6) is 0 Å². The van der Waals surface area contributed by atoms with Crippen LogP contribution in [0.4, 0.5) is 0 Å². The van der Waals surface area contributed by atoms with Crippen LogP contribution in [0.25, 0.3) is 0 Å². The topological polar surface area (TPSA) is 46.3 Å². The average Bonchev–Trinajstić information content (AvgIpc) is 3.27. The van der Waals surface area contributed by atoms with Gasteiger partial charge in [-0.1, -0.05) is 18.8 Å². The zero-order valence-electron chi connectivity index (χ0n) is 13.0. The van der Waals surface area contributed by atoms with Crippen molar-refractivity contribution < 1.29 is 4.79 Å². The van der Waals surface area contributed by atoms with E-state index in [-0.39, 0.29) is 5.91 Å². The molecule has 1 aliphatic rings. The van der Waals surface area contributed by atoms with E-state index in [1.165, 1.54) is 12.8 Å².